The lowest BCUT2D eigenvalue weighted by molar-refractivity contribution is -0.142. The van der Waals surface area contributed by atoms with Crippen LogP contribution in [0.5, 0.6) is 0 Å². The van der Waals surface area contributed by atoms with Gasteiger partial charge in [-0.15, -0.1) is 0 Å². The van der Waals surface area contributed by atoms with Gasteiger partial charge in [0.2, 0.25) is 5.91 Å². The first-order valence-electron chi connectivity index (χ1n) is 6.79. The Morgan fingerprint density at radius 2 is 1.88 bits per heavy atom. The van der Waals surface area contributed by atoms with E-state index in [4.69, 9.17) is 0 Å². The summed E-state index contributed by atoms with van der Waals surface area (Å²) in [5.41, 5.74) is -0.770. The lowest BCUT2D eigenvalue weighted by atomic mass is 9.78. The third-order valence-electron chi connectivity index (χ3n) is 3.92. The van der Waals surface area contributed by atoms with E-state index in [9.17, 15) is 10.1 Å². The first-order chi connectivity index (χ1) is 8.11. The SMILES string of the molecule is CCCC(C#N)(CCC)C(=O)N(C)C1CCC1. The third-order valence-corrected chi connectivity index (χ3v) is 3.92. The maximum atomic E-state index is 12.5. The predicted octanol–water partition coefficient (Wildman–Crippen LogP) is 3.11. The highest BCUT2D eigenvalue weighted by Crippen LogP contribution is 2.34. The molecule has 17 heavy (non-hydrogen) atoms. The highest BCUT2D eigenvalue weighted by Gasteiger charge is 2.41. The fraction of sp³-hybridized carbons (Fsp3) is 0.857. The Kier molecular flexibility index (Phi) is 4.99. The molecule has 1 amide bonds. The van der Waals surface area contributed by atoms with Crippen LogP contribution in [0.3, 0.4) is 0 Å². The molecule has 3 nitrogen and oxygen atoms in total. The lowest BCUT2D eigenvalue weighted by Gasteiger charge is -2.39. The number of amides is 1. The summed E-state index contributed by atoms with van der Waals surface area (Å²) < 4.78 is 0. The standard InChI is InChI=1S/C14H24N2O/c1-4-9-14(11-15,10-5-2)13(17)16(3)12-7-6-8-12/h12H,4-10H2,1-3H3. The summed E-state index contributed by atoms with van der Waals surface area (Å²) in [6.07, 6.45) is 6.56. The summed E-state index contributed by atoms with van der Waals surface area (Å²) in [7, 11) is 1.86. The number of nitriles is 1. The number of hydrogen-bond donors (Lipinski definition) is 0. The highest BCUT2D eigenvalue weighted by molar-refractivity contribution is 5.85. The fourth-order valence-corrected chi connectivity index (χ4v) is 2.63. The van der Waals surface area contributed by atoms with Crippen molar-refractivity contribution in [2.45, 2.75) is 64.8 Å². The normalized spacial score (nSPS) is 16.1. The molecule has 0 aromatic heterocycles. The van der Waals surface area contributed by atoms with Crippen LogP contribution in [-0.2, 0) is 4.79 Å². The second-order valence-corrected chi connectivity index (χ2v) is 5.19. The van der Waals surface area contributed by atoms with Crippen LogP contribution in [0.1, 0.15) is 58.8 Å². The van der Waals surface area contributed by atoms with Gasteiger partial charge in [0.05, 0.1) is 6.07 Å². The second kappa shape index (κ2) is 6.05. The molecule has 0 aliphatic heterocycles. The molecule has 0 atom stereocenters. The number of rotatable bonds is 6. The summed E-state index contributed by atoms with van der Waals surface area (Å²) in [6.45, 7) is 4.08. The lowest BCUT2D eigenvalue weighted by Crippen LogP contribution is -2.48. The van der Waals surface area contributed by atoms with E-state index >= 15 is 0 Å². The van der Waals surface area contributed by atoms with Gasteiger partial charge < -0.3 is 4.90 Å². The van der Waals surface area contributed by atoms with E-state index in [1.54, 1.807) is 0 Å². The van der Waals surface area contributed by atoms with Gasteiger partial charge in [0.1, 0.15) is 5.41 Å². The Morgan fingerprint density at radius 3 is 2.18 bits per heavy atom. The average Bonchev–Trinajstić information content (AvgIpc) is 2.25. The molecule has 0 bridgehead atoms. The van der Waals surface area contributed by atoms with Gasteiger partial charge in [-0.1, -0.05) is 26.7 Å². The average molecular weight is 236 g/mol. The zero-order chi connectivity index (χ0) is 12.9. The van der Waals surface area contributed by atoms with Crippen molar-refractivity contribution in [1.82, 2.24) is 4.90 Å². The van der Waals surface area contributed by atoms with E-state index in [0.29, 0.717) is 18.9 Å². The van der Waals surface area contributed by atoms with E-state index in [0.717, 1.165) is 25.7 Å². The minimum Gasteiger partial charge on any atom is -0.341 e. The minimum atomic E-state index is -0.770. The molecule has 1 fully saturated rings. The molecule has 0 unspecified atom stereocenters. The summed E-state index contributed by atoms with van der Waals surface area (Å²) >= 11 is 0. The number of carbonyl (C=O) groups excluding carboxylic acids is 1. The van der Waals surface area contributed by atoms with Crippen molar-refractivity contribution in [3.63, 3.8) is 0 Å². The van der Waals surface area contributed by atoms with E-state index in [1.165, 1.54) is 6.42 Å². The summed E-state index contributed by atoms with van der Waals surface area (Å²) in [5, 5.41) is 9.43. The topological polar surface area (TPSA) is 44.1 Å². The van der Waals surface area contributed by atoms with Crippen molar-refractivity contribution in [1.29, 1.82) is 5.26 Å². The van der Waals surface area contributed by atoms with Crippen molar-refractivity contribution in [3.8, 4) is 6.07 Å². The quantitative estimate of drug-likeness (QED) is 0.711. The first-order valence-corrected chi connectivity index (χ1v) is 6.79. The molecular weight excluding hydrogens is 212 g/mol. The molecule has 1 aliphatic rings. The number of nitrogens with zero attached hydrogens (tertiary/aromatic N) is 2. The molecule has 0 spiro atoms. The second-order valence-electron chi connectivity index (χ2n) is 5.19. The summed E-state index contributed by atoms with van der Waals surface area (Å²) in [5.74, 6) is 0.0494. The molecule has 96 valence electrons. The van der Waals surface area contributed by atoms with Gasteiger partial charge in [-0.25, -0.2) is 0 Å². The molecule has 1 rings (SSSR count). The van der Waals surface area contributed by atoms with Gasteiger partial charge in [0.15, 0.2) is 0 Å². The van der Waals surface area contributed by atoms with Crippen LogP contribution in [0.4, 0.5) is 0 Å². The van der Waals surface area contributed by atoms with Gasteiger partial charge in [-0.05, 0) is 32.1 Å². The predicted molar refractivity (Wildman–Crippen MR) is 68.3 cm³/mol. The number of hydrogen-bond acceptors (Lipinski definition) is 2. The number of carbonyl (C=O) groups is 1. The fourth-order valence-electron chi connectivity index (χ4n) is 2.63. The smallest absolute Gasteiger partial charge is 0.243 e. The van der Waals surface area contributed by atoms with Crippen LogP contribution >= 0.6 is 0 Å². The Bertz CT molecular complexity index is 296. The summed E-state index contributed by atoms with van der Waals surface area (Å²) in [4.78, 5) is 14.3. The molecule has 1 aliphatic carbocycles. The Labute approximate surface area is 105 Å². The van der Waals surface area contributed by atoms with Gasteiger partial charge in [0.25, 0.3) is 0 Å². The molecule has 0 heterocycles. The third kappa shape index (κ3) is 2.80. The maximum Gasteiger partial charge on any atom is 0.243 e. The van der Waals surface area contributed by atoms with Crippen molar-refractivity contribution in [3.05, 3.63) is 0 Å². The van der Waals surface area contributed by atoms with Crippen molar-refractivity contribution in [2.24, 2.45) is 5.41 Å². The molecule has 0 aromatic rings. The largest absolute Gasteiger partial charge is 0.341 e. The van der Waals surface area contributed by atoms with E-state index in [2.05, 4.69) is 6.07 Å². The highest BCUT2D eigenvalue weighted by atomic mass is 16.2. The van der Waals surface area contributed by atoms with E-state index in [-0.39, 0.29) is 5.91 Å². The molecule has 0 radical (unpaired) electrons. The van der Waals surface area contributed by atoms with Crippen LogP contribution in [0, 0.1) is 16.7 Å². The molecule has 0 aromatic carbocycles. The minimum absolute atomic E-state index is 0.0494. The molecule has 0 N–H and O–H groups in total. The van der Waals surface area contributed by atoms with Crippen LogP contribution < -0.4 is 0 Å². The van der Waals surface area contributed by atoms with Gasteiger partial charge in [-0.3, -0.25) is 4.79 Å². The first kappa shape index (κ1) is 14.0. The van der Waals surface area contributed by atoms with Crippen LogP contribution in [-0.4, -0.2) is 23.9 Å². The molecule has 3 heteroatoms. The van der Waals surface area contributed by atoms with E-state index in [1.807, 2.05) is 25.8 Å². The maximum absolute atomic E-state index is 12.5. The van der Waals surface area contributed by atoms with Crippen LogP contribution in [0.2, 0.25) is 0 Å². The summed E-state index contributed by atoms with van der Waals surface area (Å²) in [6, 6.07) is 2.69. The van der Waals surface area contributed by atoms with Crippen molar-refractivity contribution < 1.29 is 4.79 Å². The van der Waals surface area contributed by atoms with E-state index < -0.39 is 5.41 Å². The van der Waals surface area contributed by atoms with Crippen LogP contribution in [0.25, 0.3) is 0 Å². The van der Waals surface area contributed by atoms with Crippen LogP contribution in [0.15, 0.2) is 0 Å². The van der Waals surface area contributed by atoms with Gasteiger partial charge in [-0.2, -0.15) is 5.26 Å². The monoisotopic (exact) mass is 236 g/mol. The Morgan fingerprint density at radius 1 is 1.35 bits per heavy atom. The Balaban J connectivity index is 2.80. The zero-order valence-corrected chi connectivity index (χ0v) is 11.3. The molecule has 1 saturated carbocycles. The van der Waals surface area contributed by atoms with Gasteiger partial charge >= 0.3 is 0 Å². The van der Waals surface area contributed by atoms with Crippen molar-refractivity contribution >= 4 is 5.91 Å². The van der Waals surface area contributed by atoms with Crippen molar-refractivity contribution in [2.75, 3.05) is 7.05 Å². The molecular formula is C14H24N2O. The van der Waals surface area contributed by atoms with Gasteiger partial charge in [0, 0.05) is 13.1 Å². The molecule has 0 saturated heterocycles. The Hall–Kier alpha value is -1.04. The zero-order valence-electron chi connectivity index (χ0n) is 11.3.